The van der Waals surface area contributed by atoms with Crippen LogP contribution in [0.15, 0.2) is 34.8 Å². The van der Waals surface area contributed by atoms with Gasteiger partial charge in [0, 0.05) is 10.5 Å². The molecule has 2 aromatic rings. The van der Waals surface area contributed by atoms with E-state index in [9.17, 15) is 4.39 Å². The van der Waals surface area contributed by atoms with Crippen LogP contribution >= 0.6 is 15.9 Å². The maximum atomic E-state index is 13.3. The Morgan fingerprint density at radius 2 is 2.11 bits per heavy atom. The fourth-order valence-corrected chi connectivity index (χ4v) is 2.24. The standard InChI is InChI=1S/C13H13BrFN3O/c1-19-13-3-2-12(17-18-13)11(16)6-8-4-9(14)7-10(15)5-8/h2-5,7,11H,6,16H2,1H3. The molecule has 19 heavy (non-hydrogen) atoms. The van der Waals surface area contributed by atoms with Gasteiger partial charge in [-0.15, -0.1) is 5.10 Å². The van der Waals surface area contributed by atoms with Gasteiger partial charge >= 0.3 is 0 Å². The summed E-state index contributed by atoms with van der Waals surface area (Å²) < 4.78 is 18.9. The third-order valence-corrected chi connectivity index (χ3v) is 3.09. The molecule has 6 heteroatoms. The van der Waals surface area contributed by atoms with Crippen molar-refractivity contribution in [1.29, 1.82) is 0 Å². The van der Waals surface area contributed by atoms with E-state index in [0.29, 0.717) is 22.5 Å². The number of hydrogen-bond donors (Lipinski definition) is 1. The Morgan fingerprint density at radius 3 is 2.68 bits per heavy atom. The van der Waals surface area contributed by atoms with E-state index in [0.717, 1.165) is 5.56 Å². The number of nitrogens with zero attached hydrogens (tertiary/aromatic N) is 2. The molecule has 2 N–H and O–H groups in total. The van der Waals surface area contributed by atoms with E-state index in [2.05, 4.69) is 26.1 Å². The minimum Gasteiger partial charge on any atom is -0.480 e. The second-order valence-electron chi connectivity index (χ2n) is 4.09. The zero-order valence-electron chi connectivity index (χ0n) is 10.3. The summed E-state index contributed by atoms with van der Waals surface area (Å²) in [6.07, 6.45) is 0.484. The van der Waals surface area contributed by atoms with Crippen molar-refractivity contribution < 1.29 is 9.13 Å². The topological polar surface area (TPSA) is 61.0 Å². The van der Waals surface area contributed by atoms with E-state index in [-0.39, 0.29) is 11.9 Å². The fourth-order valence-electron chi connectivity index (χ4n) is 1.72. The van der Waals surface area contributed by atoms with Gasteiger partial charge in [0.1, 0.15) is 5.82 Å². The van der Waals surface area contributed by atoms with Gasteiger partial charge in [0.2, 0.25) is 5.88 Å². The van der Waals surface area contributed by atoms with Crippen LogP contribution in [0.3, 0.4) is 0 Å². The lowest BCUT2D eigenvalue weighted by molar-refractivity contribution is 0.390. The van der Waals surface area contributed by atoms with Crippen LogP contribution in [0.1, 0.15) is 17.3 Å². The summed E-state index contributed by atoms with van der Waals surface area (Å²) in [6.45, 7) is 0. The van der Waals surface area contributed by atoms with Gasteiger partial charge in [-0.25, -0.2) is 4.39 Å². The van der Waals surface area contributed by atoms with Crippen LogP contribution in [-0.2, 0) is 6.42 Å². The molecule has 0 radical (unpaired) electrons. The van der Waals surface area contributed by atoms with Gasteiger partial charge in [0.15, 0.2) is 0 Å². The summed E-state index contributed by atoms with van der Waals surface area (Å²) in [5.41, 5.74) is 7.48. The van der Waals surface area contributed by atoms with Gasteiger partial charge in [-0.2, -0.15) is 5.10 Å². The quantitative estimate of drug-likeness (QED) is 0.938. The average molecular weight is 326 g/mol. The Kier molecular flexibility index (Phi) is 4.44. The monoisotopic (exact) mass is 325 g/mol. The van der Waals surface area contributed by atoms with Crippen LogP contribution in [0.5, 0.6) is 5.88 Å². The smallest absolute Gasteiger partial charge is 0.233 e. The molecule has 0 fully saturated rings. The van der Waals surface area contributed by atoms with Gasteiger partial charge in [-0.1, -0.05) is 15.9 Å². The molecule has 1 heterocycles. The van der Waals surface area contributed by atoms with E-state index in [1.54, 1.807) is 12.1 Å². The molecule has 0 spiro atoms. The van der Waals surface area contributed by atoms with Gasteiger partial charge in [0.25, 0.3) is 0 Å². The van der Waals surface area contributed by atoms with Crippen LogP contribution in [0, 0.1) is 5.82 Å². The average Bonchev–Trinajstić information content (AvgIpc) is 2.37. The maximum Gasteiger partial charge on any atom is 0.233 e. The molecule has 100 valence electrons. The van der Waals surface area contributed by atoms with Crippen LogP contribution in [0.2, 0.25) is 0 Å². The number of aromatic nitrogens is 2. The Labute approximate surface area is 118 Å². The van der Waals surface area contributed by atoms with E-state index in [1.807, 2.05) is 6.07 Å². The molecule has 1 aromatic heterocycles. The molecule has 1 unspecified atom stereocenters. The predicted octanol–water partition coefficient (Wildman–Crippen LogP) is 2.63. The molecule has 0 aliphatic heterocycles. The van der Waals surface area contributed by atoms with Crippen molar-refractivity contribution >= 4 is 15.9 Å². The molecule has 1 aromatic carbocycles. The van der Waals surface area contributed by atoms with E-state index >= 15 is 0 Å². The van der Waals surface area contributed by atoms with Crippen molar-refractivity contribution in [2.45, 2.75) is 12.5 Å². The van der Waals surface area contributed by atoms with E-state index in [1.165, 1.54) is 19.2 Å². The van der Waals surface area contributed by atoms with Crippen LogP contribution in [0.25, 0.3) is 0 Å². The number of ether oxygens (including phenoxy) is 1. The number of rotatable bonds is 4. The molecular weight excluding hydrogens is 313 g/mol. The normalized spacial score (nSPS) is 12.2. The third kappa shape index (κ3) is 3.71. The van der Waals surface area contributed by atoms with Crippen molar-refractivity contribution in [2.24, 2.45) is 5.73 Å². The summed E-state index contributed by atoms with van der Waals surface area (Å²) >= 11 is 3.25. The first-order valence-corrected chi connectivity index (χ1v) is 6.46. The molecule has 0 aliphatic carbocycles. The molecule has 4 nitrogen and oxygen atoms in total. The summed E-state index contributed by atoms with van der Waals surface area (Å²) in [6, 6.07) is 7.81. The number of halogens is 2. The van der Waals surface area contributed by atoms with Crippen LogP contribution < -0.4 is 10.5 Å². The Hall–Kier alpha value is -1.53. The maximum absolute atomic E-state index is 13.3. The van der Waals surface area contributed by atoms with Crippen molar-refractivity contribution in [1.82, 2.24) is 10.2 Å². The summed E-state index contributed by atoms with van der Waals surface area (Å²) in [7, 11) is 1.52. The first-order chi connectivity index (χ1) is 9.08. The molecule has 1 atom stereocenters. The molecule has 0 saturated carbocycles. The summed E-state index contributed by atoms with van der Waals surface area (Å²) in [4.78, 5) is 0. The Morgan fingerprint density at radius 1 is 1.32 bits per heavy atom. The second kappa shape index (κ2) is 6.08. The minimum absolute atomic E-state index is 0.294. The summed E-state index contributed by atoms with van der Waals surface area (Å²) in [5, 5.41) is 7.84. The number of methoxy groups -OCH3 is 1. The van der Waals surface area contributed by atoms with E-state index < -0.39 is 0 Å². The zero-order valence-corrected chi connectivity index (χ0v) is 11.9. The SMILES string of the molecule is COc1ccc(C(N)Cc2cc(F)cc(Br)c2)nn1. The number of benzene rings is 1. The van der Waals surface area contributed by atoms with Crippen LogP contribution in [-0.4, -0.2) is 17.3 Å². The molecule has 0 saturated heterocycles. The van der Waals surface area contributed by atoms with Crippen molar-refractivity contribution in [3.8, 4) is 5.88 Å². The van der Waals surface area contributed by atoms with Gasteiger partial charge in [-0.3, -0.25) is 0 Å². The highest BCUT2D eigenvalue weighted by Gasteiger charge is 2.11. The Balaban J connectivity index is 2.13. The van der Waals surface area contributed by atoms with Crippen molar-refractivity contribution in [3.63, 3.8) is 0 Å². The highest BCUT2D eigenvalue weighted by atomic mass is 79.9. The Bertz CT molecular complexity index is 542. The van der Waals surface area contributed by atoms with Crippen molar-refractivity contribution in [3.05, 3.63) is 51.9 Å². The van der Waals surface area contributed by atoms with E-state index in [4.69, 9.17) is 10.5 Å². The molecule has 2 rings (SSSR count). The predicted molar refractivity (Wildman–Crippen MR) is 73.3 cm³/mol. The zero-order chi connectivity index (χ0) is 13.8. The molecule has 0 aliphatic rings. The highest BCUT2D eigenvalue weighted by Crippen LogP contribution is 2.20. The lowest BCUT2D eigenvalue weighted by Gasteiger charge is -2.11. The lowest BCUT2D eigenvalue weighted by Crippen LogP contribution is -2.15. The van der Waals surface area contributed by atoms with Crippen LogP contribution in [0.4, 0.5) is 4.39 Å². The second-order valence-corrected chi connectivity index (χ2v) is 5.00. The van der Waals surface area contributed by atoms with Gasteiger partial charge in [0.05, 0.1) is 18.8 Å². The summed E-state index contributed by atoms with van der Waals surface area (Å²) in [5.74, 6) is 0.141. The fraction of sp³-hybridized carbons (Fsp3) is 0.231. The molecule has 0 amide bonds. The van der Waals surface area contributed by atoms with Gasteiger partial charge in [-0.05, 0) is 36.2 Å². The third-order valence-electron chi connectivity index (χ3n) is 2.63. The lowest BCUT2D eigenvalue weighted by atomic mass is 10.0. The molecular formula is C13H13BrFN3O. The minimum atomic E-state index is -0.341. The van der Waals surface area contributed by atoms with Gasteiger partial charge < -0.3 is 10.5 Å². The van der Waals surface area contributed by atoms with Crippen molar-refractivity contribution in [2.75, 3.05) is 7.11 Å². The number of nitrogens with two attached hydrogens (primary N) is 1. The molecule has 0 bridgehead atoms. The first kappa shape index (κ1) is 13.9. The number of hydrogen-bond acceptors (Lipinski definition) is 4. The largest absolute Gasteiger partial charge is 0.480 e. The first-order valence-electron chi connectivity index (χ1n) is 5.66. The highest BCUT2D eigenvalue weighted by molar-refractivity contribution is 9.10.